The largest absolute Gasteiger partial charge is 0.462 e. The van der Waals surface area contributed by atoms with Gasteiger partial charge in [-0.15, -0.1) is 5.10 Å². The average molecular weight is 454 g/mol. The van der Waals surface area contributed by atoms with Crippen molar-refractivity contribution in [2.24, 2.45) is 0 Å². The molecule has 0 aliphatic heterocycles. The highest BCUT2D eigenvalue weighted by atomic mass is 35.5. The van der Waals surface area contributed by atoms with Crippen LogP contribution in [0.4, 0.5) is 5.69 Å². The number of carbonyl (C=O) groups is 1. The Kier molecular flexibility index (Phi) is 5.69. The predicted octanol–water partition coefficient (Wildman–Crippen LogP) is 3.37. The van der Waals surface area contributed by atoms with Crippen molar-refractivity contribution in [3.05, 3.63) is 91.5 Å². The zero-order chi connectivity index (χ0) is 22.8. The molecule has 0 amide bonds. The minimum Gasteiger partial charge on any atom is -0.462 e. The fourth-order valence-electron chi connectivity index (χ4n) is 3.25. The molecule has 2 heterocycles. The van der Waals surface area contributed by atoms with Crippen LogP contribution in [0.15, 0.2) is 59.7 Å². The minimum absolute atomic E-state index is 0.0287. The summed E-state index contributed by atoms with van der Waals surface area (Å²) in [7, 11) is 0. The van der Waals surface area contributed by atoms with Crippen molar-refractivity contribution in [2.75, 3.05) is 6.61 Å². The summed E-state index contributed by atoms with van der Waals surface area (Å²) in [5, 5.41) is 19.7. The summed E-state index contributed by atoms with van der Waals surface area (Å²) in [5.41, 5.74) is 1.10. The van der Waals surface area contributed by atoms with E-state index in [-0.39, 0.29) is 29.8 Å². The number of hydrogen-bond acceptors (Lipinski definition) is 7. The van der Waals surface area contributed by atoms with E-state index in [4.69, 9.17) is 16.3 Å². The third-order valence-electron chi connectivity index (χ3n) is 4.74. The van der Waals surface area contributed by atoms with Crippen LogP contribution in [0.3, 0.4) is 0 Å². The van der Waals surface area contributed by atoms with Crippen LogP contribution in [-0.2, 0) is 11.3 Å². The fourth-order valence-corrected chi connectivity index (χ4v) is 3.43. The molecule has 0 saturated heterocycles. The second-order valence-corrected chi connectivity index (χ2v) is 7.25. The van der Waals surface area contributed by atoms with Crippen molar-refractivity contribution in [3.8, 4) is 5.69 Å². The Hall–Kier alpha value is -4.05. The molecule has 162 valence electrons. The SMILES string of the molecule is CCOC(=O)c1cn(Cc2cn(-c3ccc([N+](=O)[O-])cc3)nn2)c2ccc(Cl)cc2c1=O. The van der Waals surface area contributed by atoms with Crippen molar-refractivity contribution < 1.29 is 14.5 Å². The zero-order valence-corrected chi connectivity index (χ0v) is 17.5. The topological polar surface area (TPSA) is 122 Å². The van der Waals surface area contributed by atoms with Gasteiger partial charge in [0, 0.05) is 28.7 Å². The van der Waals surface area contributed by atoms with Gasteiger partial charge in [0.15, 0.2) is 0 Å². The van der Waals surface area contributed by atoms with Gasteiger partial charge < -0.3 is 9.30 Å². The summed E-state index contributed by atoms with van der Waals surface area (Å²) in [4.78, 5) is 35.5. The van der Waals surface area contributed by atoms with E-state index in [9.17, 15) is 19.7 Å². The second kappa shape index (κ2) is 8.60. The Morgan fingerprint density at radius 1 is 1.19 bits per heavy atom. The summed E-state index contributed by atoms with van der Waals surface area (Å²) in [6.45, 7) is 2.00. The molecule has 0 bridgehead atoms. The molecule has 0 N–H and O–H groups in total. The second-order valence-electron chi connectivity index (χ2n) is 6.81. The highest BCUT2D eigenvalue weighted by molar-refractivity contribution is 6.31. The molecule has 2 aromatic heterocycles. The number of nitro benzene ring substituents is 1. The van der Waals surface area contributed by atoms with Gasteiger partial charge in [-0.3, -0.25) is 14.9 Å². The monoisotopic (exact) mass is 453 g/mol. The number of rotatable bonds is 6. The number of esters is 1. The van der Waals surface area contributed by atoms with Crippen molar-refractivity contribution in [1.29, 1.82) is 0 Å². The highest BCUT2D eigenvalue weighted by Crippen LogP contribution is 2.20. The van der Waals surface area contributed by atoms with Gasteiger partial charge in [0.25, 0.3) is 5.69 Å². The molecule has 10 nitrogen and oxygen atoms in total. The molecule has 0 saturated carbocycles. The highest BCUT2D eigenvalue weighted by Gasteiger charge is 2.18. The Morgan fingerprint density at radius 3 is 2.62 bits per heavy atom. The van der Waals surface area contributed by atoms with Gasteiger partial charge in [-0.05, 0) is 37.3 Å². The van der Waals surface area contributed by atoms with Gasteiger partial charge in [-0.1, -0.05) is 16.8 Å². The Balaban J connectivity index is 1.73. The van der Waals surface area contributed by atoms with Gasteiger partial charge in [0.2, 0.25) is 5.43 Å². The molecule has 0 atom stereocenters. The van der Waals surface area contributed by atoms with E-state index in [0.717, 1.165) is 0 Å². The van der Waals surface area contributed by atoms with Crippen molar-refractivity contribution in [2.45, 2.75) is 13.5 Å². The number of hydrogen-bond donors (Lipinski definition) is 0. The smallest absolute Gasteiger partial charge is 0.343 e. The summed E-state index contributed by atoms with van der Waals surface area (Å²) < 4.78 is 8.19. The molecule has 0 fully saturated rings. The third kappa shape index (κ3) is 4.08. The van der Waals surface area contributed by atoms with Gasteiger partial charge in [-0.2, -0.15) is 0 Å². The number of aromatic nitrogens is 4. The first-order valence-electron chi connectivity index (χ1n) is 9.53. The first-order chi connectivity index (χ1) is 15.4. The van der Waals surface area contributed by atoms with Gasteiger partial charge in [0.1, 0.15) is 11.3 Å². The Morgan fingerprint density at radius 2 is 1.94 bits per heavy atom. The molecule has 0 aliphatic rings. The molecule has 0 aliphatic carbocycles. The first kappa shape index (κ1) is 21.2. The summed E-state index contributed by atoms with van der Waals surface area (Å²) in [6, 6.07) is 10.7. The number of nitrogens with zero attached hydrogens (tertiary/aromatic N) is 5. The molecule has 32 heavy (non-hydrogen) atoms. The van der Waals surface area contributed by atoms with Crippen LogP contribution in [-0.4, -0.2) is 37.1 Å². The molecule has 4 rings (SSSR count). The van der Waals surface area contributed by atoms with E-state index in [0.29, 0.717) is 21.9 Å². The number of pyridine rings is 1. The first-order valence-corrected chi connectivity index (χ1v) is 9.91. The maximum Gasteiger partial charge on any atom is 0.343 e. The fraction of sp³-hybridized carbons (Fsp3) is 0.143. The quantitative estimate of drug-likeness (QED) is 0.249. The molecule has 0 spiro atoms. The van der Waals surface area contributed by atoms with E-state index in [1.807, 2.05) is 0 Å². The Bertz CT molecular complexity index is 1390. The normalized spacial score (nSPS) is 10.9. The lowest BCUT2D eigenvalue weighted by molar-refractivity contribution is -0.384. The van der Waals surface area contributed by atoms with Crippen LogP contribution in [0.5, 0.6) is 0 Å². The van der Waals surface area contributed by atoms with E-state index >= 15 is 0 Å². The lowest BCUT2D eigenvalue weighted by Gasteiger charge is -2.12. The van der Waals surface area contributed by atoms with Crippen LogP contribution in [0.2, 0.25) is 5.02 Å². The molecular weight excluding hydrogens is 438 g/mol. The van der Waals surface area contributed by atoms with Crippen molar-refractivity contribution >= 4 is 34.2 Å². The number of fused-ring (bicyclic) bond motifs is 1. The van der Waals surface area contributed by atoms with E-state index in [1.165, 1.54) is 29.1 Å². The van der Waals surface area contributed by atoms with E-state index in [2.05, 4.69) is 10.3 Å². The lowest BCUT2D eigenvalue weighted by Crippen LogP contribution is -2.21. The van der Waals surface area contributed by atoms with Gasteiger partial charge in [0.05, 0.1) is 35.5 Å². The van der Waals surface area contributed by atoms with E-state index < -0.39 is 16.3 Å². The maximum atomic E-state index is 12.8. The van der Waals surface area contributed by atoms with E-state index in [1.54, 1.807) is 42.0 Å². The average Bonchev–Trinajstić information content (AvgIpc) is 3.24. The standard InChI is InChI=1S/C21H16ClN5O5/c1-2-32-21(29)18-12-25(19-8-3-13(22)9-17(19)20(18)28)10-14-11-26(24-23-14)15-4-6-16(7-5-15)27(30)31/h3-9,11-12H,2,10H2,1H3. The predicted molar refractivity (Wildman–Crippen MR) is 116 cm³/mol. The molecular formula is C21H16ClN5O5. The number of ether oxygens (including phenoxy) is 1. The van der Waals surface area contributed by atoms with Gasteiger partial charge in [-0.25, -0.2) is 9.48 Å². The van der Waals surface area contributed by atoms with Crippen molar-refractivity contribution in [1.82, 2.24) is 19.6 Å². The van der Waals surface area contributed by atoms with Crippen LogP contribution in [0.1, 0.15) is 23.0 Å². The number of non-ortho nitro benzene ring substituents is 1. The molecule has 0 radical (unpaired) electrons. The van der Waals surface area contributed by atoms with Gasteiger partial charge >= 0.3 is 5.97 Å². The minimum atomic E-state index is -0.720. The number of benzene rings is 2. The molecule has 11 heteroatoms. The number of nitro groups is 1. The van der Waals surface area contributed by atoms with Crippen LogP contribution in [0.25, 0.3) is 16.6 Å². The summed E-state index contributed by atoms with van der Waals surface area (Å²) in [5.74, 6) is -0.720. The summed E-state index contributed by atoms with van der Waals surface area (Å²) in [6.07, 6.45) is 3.09. The van der Waals surface area contributed by atoms with Crippen LogP contribution >= 0.6 is 11.6 Å². The molecule has 4 aromatic rings. The third-order valence-corrected chi connectivity index (χ3v) is 4.97. The maximum absolute atomic E-state index is 12.8. The van der Waals surface area contributed by atoms with Crippen molar-refractivity contribution in [3.63, 3.8) is 0 Å². The molecule has 2 aromatic carbocycles. The van der Waals surface area contributed by atoms with Crippen LogP contribution in [0, 0.1) is 10.1 Å². The zero-order valence-electron chi connectivity index (χ0n) is 16.8. The summed E-state index contributed by atoms with van der Waals surface area (Å²) >= 11 is 6.07. The number of carbonyl (C=O) groups excluding carboxylic acids is 1. The lowest BCUT2D eigenvalue weighted by atomic mass is 10.1. The Labute approximate surface area is 185 Å². The number of halogens is 1. The molecule has 0 unspecified atom stereocenters. The van der Waals surface area contributed by atoms with Crippen LogP contribution < -0.4 is 5.43 Å².